The molecule has 0 aliphatic carbocycles. The summed E-state index contributed by atoms with van der Waals surface area (Å²) >= 11 is 4.17. The summed E-state index contributed by atoms with van der Waals surface area (Å²) in [5.74, 6) is 4.50. The smallest absolute Gasteiger partial charge is 0.138 e. The monoisotopic (exact) mass is 317 g/mol. The fourth-order valence-electron chi connectivity index (χ4n) is 1.53. The molecule has 0 heterocycles. The Morgan fingerprint density at radius 3 is 2.65 bits per heavy atom. The molecule has 0 radical (unpaired) electrons. The molecule has 6 heteroatoms. The highest BCUT2D eigenvalue weighted by molar-refractivity contribution is 9.10. The summed E-state index contributed by atoms with van der Waals surface area (Å²) in [7, 11) is 0. The minimum atomic E-state index is -0.279. The molecule has 0 atom stereocenters. The molecule has 0 spiro atoms. The summed E-state index contributed by atoms with van der Waals surface area (Å²) < 4.78 is 18.4. The van der Waals surface area contributed by atoms with Gasteiger partial charge in [0.2, 0.25) is 0 Å². The molecule has 0 aliphatic rings. The van der Waals surface area contributed by atoms with E-state index in [4.69, 9.17) is 5.90 Å². The molecule has 3 nitrogen and oxygen atoms in total. The zero-order chi connectivity index (χ0) is 12.4. The topological polar surface area (TPSA) is 44.5 Å². The number of benzene rings is 2. The van der Waals surface area contributed by atoms with E-state index in [1.54, 1.807) is 6.07 Å². The van der Waals surface area contributed by atoms with Gasteiger partial charge >= 0.3 is 0 Å². The Morgan fingerprint density at radius 2 is 1.94 bits per heavy atom. The molecule has 2 rings (SSSR count). The van der Waals surface area contributed by atoms with Crippen LogP contribution in [0.3, 0.4) is 0 Å². The van der Waals surface area contributed by atoms with E-state index < -0.39 is 0 Å². The first-order chi connectivity index (χ1) is 8.11. The highest BCUT2D eigenvalue weighted by Crippen LogP contribution is 2.30. The lowest BCUT2D eigenvalue weighted by molar-refractivity contribution is -0.195. The second-order valence-electron chi connectivity index (χ2n) is 3.48. The fraction of sp³-hybridized carbons (Fsp3) is 0.0909. The van der Waals surface area contributed by atoms with Crippen molar-refractivity contribution in [3.05, 3.63) is 40.1 Å². The second kappa shape index (κ2) is 5.32. The molecule has 17 heavy (non-hydrogen) atoms. The van der Waals surface area contributed by atoms with Crippen LogP contribution in [0.2, 0.25) is 0 Å². The van der Waals surface area contributed by atoms with Gasteiger partial charge in [0.05, 0.1) is 16.5 Å². The normalized spacial score (nSPS) is 11.1. The Bertz CT molecular complexity index is 565. The Balaban J connectivity index is 2.51. The van der Waals surface area contributed by atoms with Gasteiger partial charge in [0.15, 0.2) is 0 Å². The lowest BCUT2D eigenvalue weighted by Crippen LogP contribution is -1.94. The van der Waals surface area contributed by atoms with Gasteiger partial charge in [-0.2, -0.15) is 5.90 Å². The zero-order valence-electron chi connectivity index (χ0n) is 8.87. The van der Waals surface area contributed by atoms with Gasteiger partial charge in [-0.15, -0.1) is 9.32 Å². The minimum Gasteiger partial charge on any atom is -0.206 e. The summed E-state index contributed by atoms with van der Waals surface area (Å²) in [4.78, 5) is 4.91. The number of aryl methyl sites for hydroxylation is 1. The molecule has 0 saturated carbocycles. The Kier molecular flexibility index (Phi) is 4.01. The van der Waals surface area contributed by atoms with E-state index >= 15 is 0 Å². The van der Waals surface area contributed by atoms with Gasteiger partial charge in [-0.25, -0.2) is 4.39 Å². The van der Waals surface area contributed by atoms with E-state index in [-0.39, 0.29) is 5.82 Å². The Hall–Kier alpha value is -0.660. The summed E-state index contributed by atoms with van der Waals surface area (Å²) in [6.45, 7) is 1.90. The van der Waals surface area contributed by atoms with E-state index in [1.807, 2.05) is 19.1 Å². The molecule has 2 aromatic carbocycles. The molecule has 0 aromatic heterocycles. The van der Waals surface area contributed by atoms with Crippen LogP contribution in [-0.2, 0) is 9.32 Å². The van der Waals surface area contributed by atoms with Crippen LogP contribution < -0.4 is 5.90 Å². The van der Waals surface area contributed by atoms with Crippen LogP contribution in [0.25, 0.3) is 10.8 Å². The molecule has 2 N–H and O–H groups in total. The molecule has 90 valence electrons. The van der Waals surface area contributed by atoms with Crippen molar-refractivity contribution in [2.24, 2.45) is 5.90 Å². The minimum absolute atomic E-state index is 0.279. The number of hydrogen-bond acceptors (Lipinski definition) is 4. The van der Waals surface area contributed by atoms with Crippen molar-refractivity contribution in [2.75, 3.05) is 0 Å². The van der Waals surface area contributed by atoms with Crippen LogP contribution in [0.15, 0.2) is 33.6 Å². The van der Waals surface area contributed by atoms with Crippen molar-refractivity contribution < 1.29 is 13.7 Å². The van der Waals surface area contributed by atoms with Crippen LogP contribution >= 0.6 is 28.0 Å². The van der Waals surface area contributed by atoms with E-state index in [9.17, 15) is 4.39 Å². The predicted molar refractivity (Wildman–Crippen MR) is 68.6 cm³/mol. The number of rotatable bonds is 3. The largest absolute Gasteiger partial charge is 0.206 e. The highest BCUT2D eigenvalue weighted by atomic mass is 79.9. The summed E-state index contributed by atoms with van der Waals surface area (Å²) in [5.41, 5.74) is 0.960. The lowest BCUT2D eigenvalue weighted by atomic mass is 10.1. The van der Waals surface area contributed by atoms with Gasteiger partial charge in [0.25, 0.3) is 0 Å². The van der Waals surface area contributed by atoms with Crippen molar-refractivity contribution in [3.8, 4) is 0 Å². The summed E-state index contributed by atoms with van der Waals surface area (Å²) in [6.07, 6.45) is 0. The van der Waals surface area contributed by atoms with Crippen molar-refractivity contribution in [1.29, 1.82) is 0 Å². The van der Waals surface area contributed by atoms with Crippen molar-refractivity contribution in [1.82, 2.24) is 0 Å². The van der Waals surface area contributed by atoms with Gasteiger partial charge in [-0.3, -0.25) is 0 Å². The first-order valence-electron chi connectivity index (χ1n) is 4.71. The number of nitrogens with two attached hydrogens (primary N) is 1. The van der Waals surface area contributed by atoms with Crippen molar-refractivity contribution in [3.63, 3.8) is 0 Å². The molecule has 0 bridgehead atoms. The van der Waals surface area contributed by atoms with Gasteiger partial charge in [0.1, 0.15) is 5.82 Å². The molecular weight excluding hydrogens is 309 g/mol. The third kappa shape index (κ3) is 2.78. The maximum Gasteiger partial charge on any atom is 0.138 e. The van der Waals surface area contributed by atoms with Crippen LogP contribution in [0.4, 0.5) is 4.39 Å². The SMILES string of the molecule is Cc1cc2cc(F)c(Br)cc2cc1SOON. The van der Waals surface area contributed by atoms with Crippen LogP contribution in [-0.4, -0.2) is 0 Å². The third-order valence-electron chi connectivity index (χ3n) is 2.34. The molecule has 0 saturated heterocycles. The average Bonchev–Trinajstić information content (AvgIpc) is 2.29. The van der Waals surface area contributed by atoms with E-state index in [1.165, 1.54) is 6.07 Å². The Labute approximate surface area is 110 Å². The third-order valence-corrected chi connectivity index (χ3v) is 3.71. The molecule has 0 unspecified atom stereocenters. The maximum atomic E-state index is 13.4. The molecule has 2 aromatic rings. The van der Waals surface area contributed by atoms with Gasteiger partial charge in [-0.05, 0) is 57.4 Å². The molecule has 0 amide bonds. The van der Waals surface area contributed by atoms with Crippen molar-refractivity contribution >= 4 is 38.7 Å². The van der Waals surface area contributed by atoms with E-state index in [2.05, 4.69) is 25.3 Å². The van der Waals surface area contributed by atoms with Gasteiger partial charge in [0, 0.05) is 4.90 Å². The molecular formula is C11H9BrFNO2S. The van der Waals surface area contributed by atoms with Crippen LogP contribution in [0.5, 0.6) is 0 Å². The van der Waals surface area contributed by atoms with Crippen molar-refractivity contribution in [2.45, 2.75) is 11.8 Å². The first kappa shape index (κ1) is 12.8. The standard InChI is InChI=1S/C11H9BrFNO2S/c1-6-2-7-4-10(13)9(12)3-8(7)5-11(6)17-16-15-14/h2-5H,14H2,1H3. The zero-order valence-corrected chi connectivity index (χ0v) is 11.3. The van der Waals surface area contributed by atoms with E-state index in [0.29, 0.717) is 4.47 Å². The van der Waals surface area contributed by atoms with Crippen LogP contribution in [0, 0.1) is 12.7 Å². The Morgan fingerprint density at radius 1 is 1.24 bits per heavy atom. The first-order valence-corrected chi connectivity index (χ1v) is 6.25. The van der Waals surface area contributed by atoms with E-state index in [0.717, 1.165) is 33.3 Å². The average molecular weight is 318 g/mol. The predicted octanol–water partition coefficient (Wildman–Crippen LogP) is 3.88. The number of fused-ring (bicyclic) bond motifs is 1. The quantitative estimate of drug-likeness (QED) is 0.530. The fourth-order valence-corrected chi connectivity index (χ4v) is 2.37. The van der Waals surface area contributed by atoms with Crippen LogP contribution in [0.1, 0.15) is 5.56 Å². The lowest BCUT2D eigenvalue weighted by Gasteiger charge is -2.07. The summed E-state index contributed by atoms with van der Waals surface area (Å²) in [6, 6.07) is 6.98. The second-order valence-corrected chi connectivity index (χ2v) is 5.08. The van der Waals surface area contributed by atoms with Gasteiger partial charge < -0.3 is 0 Å². The molecule has 0 fully saturated rings. The number of hydrogen-bond donors (Lipinski definition) is 1. The highest BCUT2D eigenvalue weighted by Gasteiger charge is 2.07. The summed E-state index contributed by atoms with van der Waals surface area (Å²) in [5, 5.41) is 1.74. The van der Waals surface area contributed by atoms with Gasteiger partial charge in [-0.1, -0.05) is 6.07 Å². The number of halogens is 2. The molecule has 0 aliphatic heterocycles. The maximum absolute atomic E-state index is 13.4.